The maximum absolute atomic E-state index is 12.7. The van der Waals surface area contributed by atoms with Gasteiger partial charge in [-0.3, -0.25) is 14.9 Å². The first-order chi connectivity index (χ1) is 15.7. The third-order valence-corrected chi connectivity index (χ3v) is 5.66. The average molecular weight is 469 g/mol. The fourth-order valence-corrected chi connectivity index (χ4v) is 3.70. The van der Waals surface area contributed by atoms with Crippen molar-refractivity contribution in [3.63, 3.8) is 0 Å². The van der Waals surface area contributed by atoms with Crippen LogP contribution in [0.25, 0.3) is 0 Å². The number of non-ortho nitro benzene ring substituents is 1. The second kappa shape index (κ2) is 9.92. The number of nitrogens with one attached hydrogen (secondary N) is 1. The van der Waals surface area contributed by atoms with Gasteiger partial charge in [0.15, 0.2) is 11.5 Å². The van der Waals surface area contributed by atoms with Gasteiger partial charge in [0.25, 0.3) is 11.6 Å². The van der Waals surface area contributed by atoms with Gasteiger partial charge in [0.1, 0.15) is 4.90 Å². The number of benzene rings is 3. The summed E-state index contributed by atoms with van der Waals surface area (Å²) in [5, 5.41) is 14.7. The van der Waals surface area contributed by atoms with E-state index in [0.717, 1.165) is 11.6 Å². The minimum absolute atomic E-state index is 0.0328. The predicted octanol–water partition coefficient (Wildman–Crippen LogP) is 3.44. The molecule has 0 radical (unpaired) electrons. The number of para-hydroxylation sites is 1. The Bertz CT molecular complexity index is 1320. The largest absolute Gasteiger partial charge is 0.493 e. The van der Waals surface area contributed by atoms with Crippen LogP contribution >= 0.6 is 0 Å². The first-order valence-electron chi connectivity index (χ1n) is 9.47. The molecule has 0 atom stereocenters. The third-order valence-electron chi connectivity index (χ3n) is 4.42. The van der Waals surface area contributed by atoms with E-state index in [9.17, 15) is 23.3 Å². The van der Waals surface area contributed by atoms with Crippen LogP contribution in [0.15, 0.2) is 76.7 Å². The maximum atomic E-state index is 12.7. The monoisotopic (exact) mass is 469 g/mol. The summed E-state index contributed by atoms with van der Waals surface area (Å²) in [6.45, 7) is 1.83. The Balaban J connectivity index is 1.84. The molecule has 3 aromatic carbocycles. The van der Waals surface area contributed by atoms with Crippen molar-refractivity contribution in [1.82, 2.24) is 5.43 Å². The van der Waals surface area contributed by atoms with Crippen LogP contribution in [0.4, 0.5) is 5.69 Å². The SMILES string of the molecule is COc1cccc(/C=N/NC(=O)c2cccc([N+](=O)[O-])c2)c1OS(=O)(=O)c1ccc(C)cc1. The first kappa shape index (κ1) is 23.4. The van der Waals surface area contributed by atoms with Gasteiger partial charge in [0, 0.05) is 23.3 Å². The van der Waals surface area contributed by atoms with Crippen LogP contribution in [-0.4, -0.2) is 32.6 Å². The number of nitrogens with zero attached hydrogens (tertiary/aromatic N) is 2. The number of ether oxygens (including phenoxy) is 1. The summed E-state index contributed by atoms with van der Waals surface area (Å²) in [6.07, 6.45) is 1.18. The molecule has 1 N–H and O–H groups in total. The van der Waals surface area contributed by atoms with E-state index in [1.165, 1.54) is 55.8 Å². The zero-order valence-electron chi connectivity index (χ0n) is 17.6. The molecule has 10 nitrogen and oxygen atoms in total. The lowest BCUT2D eigenvalue weighted by atomic mass is 10.2. The minimum Gasteiger partial charge on any atom is -0.493 e. The summed E-state index contributed by atoms with van der Waals surface area (Å²) in [5.41, 5.74) is 3.13. The van der Waals surface area contributed by atoms with Gasteiger partial charge in [-0.05, 0) is 37.3 Å². The number of nitro benzene ring substituents is 1. The fourth-order valence-electron chi connectivity index (χ4n) is 2.73. The first-order valence-corrected chi connectivity index (χ1v) is 10.9. The van der Waals surface area contributed by atoms with E-state index >= 15 is 0 Å². The molecule has 0 aliphatic rings. The van der Waals surface area contributed by atoms with Crippen molar-refractivity contribution in [3.8, 4) is 11.5 Å². The van der Waals surface area contributed by atoms with E-state index in [-0.39, 0.29) is 33.2 Å². The average Bonchev–Trinajstić information content (AvgIpc) is 2.80. The Morgan fingerprint density at radius 1 is 1.09 bits per heavy atom. The number of nitro groups is 1. The highest BCUT2D eigenvalue weighted by Gasteiger charge is 2.21. The van der Waals surface area contributed by atoms with Crippen LogP contribution in [-0.2, 0) is 10.1 Å². The Kier molecular flexibility index (Phi) is 7.04. The molecular weight excluding hydrogens is 450 g/mol. The van der Waals surface area contributed by atoms with Gasteiger partial charge in [-0.15, -0.1) is 0 Å². The van der Waals surface area contributed by atoms with Gasteiger partial charge in [0.2, 0.25) is 0 Å². The maximum Gasteiger partial charge on any atom is 0.339 e. The van der Waals surface area contributed by atoms with Crippen molar-refractivity contribution >= 4 is 27.9 Å². The van der Waals surface area contributed by atoms with E-state index in [4.69, 9.17) is 8.92 Å². The number of methoxy groups -OCH3 is 1. The summed E-state index contributed by atoms with van der Waals surface area (Å²) >= 11 is 0. The van der Waals surface area contributed by atoms with Crippen molar-refractivity contribution in [2.45, 2.75) is 11.8 Å². The molecule has 0 fully saturated rings. The summed E-state index contributed by atoms with van der Waals surface area (Å²) in [6, 6.07) is 15.9. The van der Waals surface area contributed by atoms with E-state index in [0.29, 0.717) is 0 Å². The molecule has 0 aromatic heterocycles. The molecule has 0 saturated heterocycles. The number of carbonyl (C=O) groups excluding carboxylic acids is 1. The normalized spacial score (nSPS) is 11.2. The molecule has 0 unspecified atom stereocenters. The standard InChI is InChI=1S/C22H19N3O7S/c1-15-9-11-19(12-10-15)33(29,30)32-21-17(6-4-8-20(21)31-2)14-23-24-22(26)16-5-3-7-18(13-16)25(27)28/h3-14H,1-2H3,(H,24,26)/b23-14+. The molecule has 0 heterocycles. The van der Waals surface area contributed by atoms with Crippen molar-refractivity contribution < 1.29 is 27.1 Å². The molecule has 11 heteroatoms. The molecule has 170 valence electrons. The Morgan fingerprint density at radius 2 is 1.79 bits per heavy atom. The summed E-state index contributed by atoms with van der Waals surface area (Å²) < 4.78 is 36.0. The molecule has 1 amide bonds. The van der Waals surface area contributed by atoms with Gasteiger partial charge in [-0.2, -0.15) is 13.5 Å². The number of rotatable bonds is 8. The smallest absolute Gasteiger partial charge is 0.339 e. The van der Waals surface area contributed by atoms with Gasteiger partial charge in [-0.1, -0.05) is 29.8 Å². The van der Waals surface area contributed by atoms with Crippen LogP contribution in [0.1, 0.15) is 21.5 Å². The van der Waals surface area contributed by atoms with Crippen molar-refractivity contribution in [2.75, 3.05) is 7.11 Å². The van der Waals surface area contributed by atoms with Crippen LogP contribution in [0.2, 0.25) is 0 Å². The molecule has 0 aliphatic carbocycles. The van der Waals surface area contributed by atoms with Crippen molar-refractivity contribution in [3.05, 3.63) is 93.5 Å². The second-order valence-corrected chi connectivity index (χ2v) is 8.28. The Labute approximate surface area is 189 Å². The molecule has 0 spiro atoms. The molecule has 0 bridgehead atoms. The molecule has 0 saturated carbocycles. The molecule has 0 aliphatic heterocycles. The van der Waals surface area contributed by atoms with Crippen LogP contribution in [0.5, 0.6) is 11.5 Å². The quantitative estimate of drug-likeness (QED) is 0.231. The van der Waals surface area contributed by atoms with Gasteiger partial charge in [0.05, 0.1) is 18.2 Å². The van der Waals surface area contributed by atoms with Gasteiger partial charge >= 0.3 is 10.1 Å². The molecule has 33 heavy (non-hydrogen) atoms. The summed E-state index contributed by atoms with van der Waals surface area (Å²) in [5.74, 6) is -0.666. The van der Waals surface area contributed by atoms with Crippen LogP contribution in [0.3, 0.4) is 0 Å². The molecule has 3 aromatic rings. The number of aryl methyl sites for hydroxylation is 1. The third kappa shape index (κ3) is 5.71. The lowest BCUT2D eigenvalue weighted by Gasteiger charge is -2.13. The zero-order chi connectivity index (χ0) is 24.0. The van der Waals surface area contributed by atoms with Gasteiger partial charge < -0.3 is 8.92 Å². The van der Waals surface area contributed by atoms with E-state index in [2.05, 4.69) is 10.5 Å². The number of hydrogen-bond acceptors (Lipinski definition) is 8. The van der Waals surface area contributed by atoms with Crippen molar-refractivity contribution in [2.24, 2.45) is 5.10 Å². The highest BCUT2D eigenvalue weighted by molar-refractivity contribution is 7.87. The highest BCUT2D eigenvalue weighted by atomic mass is 32.2. The van der Waals surface area contributed by atoms with Crippen molar-refractivity contribution in [1.29, 1.82) is 0 Å². The number of hydrazone groups is 1. The predicted molar refractivity (Wildman–Crippen MR) is 120 cm³/mol. The zero-order valence-corrected chi connectivity index (χ0v) is 18.4. The second-order valence-electron chi connectivity index (χ2n) is 6.74. The van der Waals surface area contributed by atoms with Crippen LogP contribution < -0.4 is 14.3 Å². The number of amides is 1. The topological polar surface area (TPSA) is 137 Å². The number of hydrogen-bond donors (Lipinski definition) is 1. The molecular formula is C22H19N3O7S. The number of carbonyl (C=O) groups is 1. The highest BCUT2D eigenvalue weighted by Crippen LogP contribution is 2.32. The minimum atomic E-state index is -4.18. The van der Waals surface area contributed by atoms with E-state index in [1.54, 1.807) is 18.2 Å². The Morgan fingerprint density at radius 3 is 2.45 bits per heavy atom. The van der Waals surface area contributed by atoms with Gasteiger partial charge in [-0.25, -0.2) is 5.43 Å². The summed E-state index contributed by atoms with van der Waals surface area (Å²) in [7, 11) is -2.82. The molecule has 3 rings (SSSR count). The van der Waals surface area contributed by atoms with E-state index < -0.39 is 20.9 Å². The summed E-state index contributed by atoms with van der Waals surface area (Å²) in [4.78, 5) is 22.5. The van der Waals surface area contributed by atoms with Crippen LogP contribution in [0, 0.1) is 17.0 Å². The fraction of sp³-hybridized carbons (Fsp3) is 0.0909. The Hall–Kier alpha value is -4.25. The lowest BCUT2D eigenvalue weighted by Crippen LogP contribution is -2.18. The van der Waals surface area contributed by atoms with E-state index in [1.807, 2.05) is 6.92 Å². The lowest BCUT2D eigenvalue weighted by molar-refractivity contribution is -0.384.